The summed E-state index contributed by atoms with van der Waals surface area (Å²) in [5, 5.41) is 10.2. The van der Waals surface area contributed by atoms with E-state index in [1.807, 2.05) is 32.9 Å². The van der Waals surface area contributed by atoms with E-state index in [0.717, 1.165) is 5.56 Å². The molecule has 0 saturated carbocycles. The van der Waals surface area contributed by atoms with Crippen LogP contribution in [0.15, 0.2) is 30.5 Å². The van der Waals surface area contributed by atoms with Crippen molar-refractivity contribution in [3.05, 3.63) is 51.7 Å². The first-order valence-electron chi connectivity index (χ1n) is 14.5. The molecule has 0 spiro atoms. The second-order valence-electron chi connectivity index (χ2n) is 9.97. The van der Waals surface area contributed by atoms with E-state index in [9.17, 15) is 9.59 Å². The van der Waals surface area contributed by atoms with Gasteiger partial charge < -0.3 is 34.9 Å². The van der Waals surface area contributed by atoms with Crippen LogP contribution >= 0.6 is 22.9 Å². The highest BCUT2D eigenvalue weighted by Gasteiger charge is 2.15. The van der Waals surface area contributed by atoms with Crippen molar-refractivity contribution in [3.8, 4) is 0 Å². The average molecular weight is 649 g/mol. The van der Waals surface area contributed by atoms with Crippen LogP contribution in [0.3, 0.4) is 0 Å². The van der Waals surface area contributed by atoms with Gasteiger partial charge in [-0.2, -0.15) is 0 Å². The first-order chi connectivity index (χ1) is 21.2. The number of carbonyl (C=O) groups is 2. The van der Waals surface area contributed by atoms with E-state index in [1.165, 1.54) is 17.5 Å². The molecule has 44 heavy (non-hydrogen) atoms. The SMILES string of the molecule is Cc1nc(NCCOCCOCCOCCOCCC(=O)C(C)C)cc(Nc2ncc(C(=O)Nc3c(C)cccc3Cl)s2)n1. The van der Waals surface area contributed by atoms with Gasteiger partial charge in [-0.1, -0.05) is 48.9 Å². The quantitative estimate of drug-likeness (QED) is 0.129. The number of thiazole rings is 1. The number of amides is 1. The Bertz CT molecular complexity index is 1320. The maximum Gasteiger partial charge on any atom is 0.267 e. The van der Waals surface area contributed by atoms with Gasteiger partial charge in [0.25, 0.3) is 5.91 Å². The summed E-state index contributed by atoms with van der Waals surface area (Å²) in [6.45, 7) is 11.7. The van der Waals surface area contributed by atoms with E-state index in [4.69, 9.17) is 30.5 Å². The van der Waals surface area contributed by atoms with Crippen molar-refractivity contribution in [2.24, 2.45) is 5.92 Å². The molecule has 0 aliphatic heterocycles. The van der Waals surface area contributed by atoms with Crippen LogP contribution in [0.1, 0.15) is 41.3 Å². The first kappa shape index (κ1) is 35.3. The minimum Gasteiger partial charge on any atom is -0.379 e. The lowest BCUT2D eigenvalue weighted by atomic mass is 10.1. The number of nitrogens with zero attached hydrogens (tertiary/aromatic N) is 3. The number of halogens is 1. The molecule has 2 heterocycles. The van der Waals surface area contributed by atoms with Gasteiger partial charge in [0.2, 0.25) is 0 Å². The molecular weight excluding hydrogens is 608 g/mol. The first-order valence-corrected chi connectivity index (χ1v) is 15.6. The van der Waals surface area contributed by atoms with E-state index < -0.39 is 0 Å². The number of anilines is 4. The second kappa shape index (κ2) is 19.2. The van der Waals surface area contributed by atoms with E-state index in [-0.39, 0.29) is 17.6 Å². The molecule has 0 unspecified atom stereocenters. The lowest BCUT2D eigenvalue weighted by Crippen LogP contribution is -2.15. The summed E-state index contributed by atoms with van der Waals surface area (Å²) < 4.78 is 22.0. The molecule has 0 aliphatic carbocycles. The van der Waals surface area contributed by atoms with Gasteiger partial charge in [-0.3, -0.25) is 9.59 Å². The highest BCUT2D eigenvalue weighted by Crippen LogP contribution is 2.28. The fourth-order valence-electron chi connectivity index (χ4n) is 3.71. The highest BCUT2D eigenvalue weighted by molar-refractivity contribution is 7.17. The number of ketones is 1. The topological polar surface area (TPSA) is 146 Å². The zero-order chi connectivity index (χ0) is 31.7. The summed E-state index contributed by atoms with van der Waals surface area (Å²) in [6, 6.07) is 7.21. The Morgan fingerprint density at radius 2 is 1.55 bits per heavy atom. The standard InChI is InChI=1S/C30H41ClN6O6S/c1-20(2)24(38)8-10-40-12-14-42-16-17-43-15-13-41-11-9-32-26-18-27(35-22(4)34-26)36-30-33-19-25(44-30)29(39)37-28-21(3)6-5-7-23(28)31/h5-7,18-20H,8-17H2,1-4H3,(H,37,39)(H2,32,33,34,35,36). The minimum atomic E-state index is -0.291. The summed E-state index contributed by atoms with van der Waals surface area (Å²) in [6.07, 6.45) is 1.95. The Morgan fingerprint density at radius 3 is 2.20 bits per heavy atom. The zero-order valence-corrected chi connectivity index (χ0v) is 27.2. The van der Waals surface area contributed by atoms with Crippen LogP contribution in [0.5, 0.6) is 0 Å². The summed E-state index contributed by atoms with van der Waals surface area (Å²) in [4.78, 5) is 37.8. The van der Waals surface area contributed by atoms with E-state index in [1.54, 1.807) is 19.1 Å². The average Bonchev–Trinajstić information content (AvgIpc) is 3.45. The molecule has 1 aromatic carbocycles. The summed E-state index contributed by atoms with van der Waals surface area (Å²) in [5.41, 5.74) is 1.45. The van der Waals surface area contributed by atoms with Gasteiger partial charge in [0.15, 0.2) is 5.13 Å². The smallest absolute Gasteiger partial charge is 0.267 e. The largest absolute Gasteiger partial charge is 0.379 e. The molecule has 0 atom stereocenters. The van der Waals surface area contributed by atoms with Gasteiger partial charge in [0.05, 0.1) is 69.8 Å². The molecule has 0 fully saturated rings. The predicted molar refractivity (Wildman–Crippen MR) is 173 cm³/mol. The lowest BCUT2D eigenvalue weighted by Gasteiger charge is -2.10. The summed E-state index contributed by atoms with van der Waals surface area (Å²) >= 11 is 7.44. The molecule has 240 valence electrons. The molecule has 1 amide bonds. The number of ether oxygens (including phenoxy) is 4. The van der Waals surface area contributed by atoms with Gasteiger partial charge in [-0.25, -0.2) is 15.0 Å². The second-order valence-corrected chi connectivity index (χ2v) is 11.4. The van der Waals surface area contributed by atoms with Crippen LogP contribution in [-0.2, 0) is 23.7 Å². The highest BCUT2D eigenvalue weighted by atomic mass is 35.5. The minimum absolute atomic E-state index is 0.0473. The van der Waals surface area contributed by atoms with Crippen molar-refractivity contribution in [2.45, 2.75) is 34.1 Å². The van der Waals surface area contributed by atoms with Crippen LogP contribution in [0.25, 0.3) is 0 Å². The van der Waals surface area contributed by atoms with Crippen molar-refractivity contribution < 1.29 is 28.5 Å². The van der Waals surface area contributed by atoms with E-state index in [2.05, 4.69) is 30.9 Å². The normalized spacial score (nSPS) is 11.1. The van der Waals surface area contributed by atoms with Gasteiger partial charge in [-0.05, 0) is 25.5 Å². The maximum absolute atomic E-state index is 12.7. The molecular formula is C30H41ClN6O6S. The monoisotopic (exact) mass is 648 g/mol. The predicted octanol–water partition coefficient (Wildman–Crippen LogP) is 5.29. The van der Waals surface area contributed by atoms with Crippen LogP contribution in [0, 0.1) is 19.8 Å². The Morgan fingerprint density at radius 1 is 0.909 bits per heavy atom. The Labute approximate surface area is 267 Å². The molecule has 3 N–H and O–H groups in total. The number of hydrogen-bond acceptors (Lipinski definition) is 12. The van der Waals surface area contributed by atoms with Crippen molar-refractivity contribution >= 4 is 57.1 Å². The molecule has 0 radical (unpaired) electrons. The zero-order valence-electron chi connectivity index (χ0n) is 25.6. The molecule has 3 aromatic rings. The number of benzene rings is 1. The Balaban J connectivity index is 1.27. The third-order valence-corrected chi connectivity index (χ3v) is 7.29. The third kappa shape index (κ3) is 12.8. The van der Waals surface area contributed by atoms with Crippen LogP contribution < -0.4 is 16.0 Å². The molecule has 14 heteroatoms. The number of aryl methyl sites for hydroxylation is 2. The number of nitrogens with one attached hydrogen (secondary N) is 3. The number of rotatable bonds is 21. The fraction of sp³-hybridized carbons (Fsp3) is 0.500. The van der Waals surface area contributed by atoms with E-state index >= 15 is 0 Å². The van der Waals surface area contributed by atoms with Crippen molar-refractivity contribution in [1.82, 2.24) is 15.0 Å². The third-order valence-electron chi connectivity index (χ3n) is 6.07. The van der Waals surface area contributed by atoms with Crippen molar-refractivity contribution in [2.75, 3.05) is 75.4 Å². The van der Waals surface area contributed by atoms with Gasteiger partial charge in [0, 0.05) is 24.9 Å². The fourth-order valence-corrected chi connectivity index (χ4v) is 4.70. The molecule has 0 saturated heterocycles. The van der Waals surface area contributed by atoms with Gasteiger partial charge >= 0.3 is 0 Å². The molecule has 2 aromatic heterocycles. The molecule has 0 aliphatic rings. The van der Waals surface area contributed by atoms with Crippen molar-refractivity contribution in [3.63, 3.8) is 0 Å². The summed E-state index contributed by atoms with van der Waals surface area (Å²) in [7, 11) is 0. The van der Waals surface area contributed by atoms with Crippen LogP contribution in [-0.4, -0.2) is 86.0 Å². The molecule has 12 nitrogen and oxygen atoms in total. The lowest BCUT2D eigenvalue weighted by molar-refractivity contribution is -0.123. The number of carbonyl (C=O) groups excluding carboxylic acids is 2. The van der Waals surface area contributed by atoms with Crippen LogP contribution in [0.4, 0.5) is 22.5 Å². The van der Waals surface area contributed by atoms with Crippen LogP contribution in [0.2, 0.25) is 5.02 Å². The van der Waals surface area contributed by atoms with Crippen molar-refractivity contribution in [1.29, 1.82) is 0 Å². The Hall–Kier alpha value is -3.20. The number of para-hydroxylation sites is 1. The molecule has 3 rings (SSSR count). The molecule has 0 bridgehead atoms. The maximum atomic E-state index is 12.7. The number of aromatic nitrogens is 3. The number of Topliss-reactive ketones (excluding diaryl/α,β-unsaturated/α-hetero) is 1. The number of hydrogen-bond donors (Lipinski definition) is 3. The van der Waals surface area contributed by atoms with Gasteiger partial charge in [-0.15, -0.1) is 0 Å². The van der Waals surface area contributed by atoms with Gasteiger partial charge in [0.1, 0.15) is 28.1 Å². The van der Waals surface area contributed by atoms with E-state index in [0.29, 0.717) is 104 Å². The summed E-state index contributed by atoms with van der Waals surface area (Å²) in [5.74, 6) is 1.72. The Kier molecular flexibility index (Phi) is 15.4.